The summed E-state index contributed by atoms with van der Waals surface area (Å²) in [7, 11) is 3.63. The maximum Gasteiger partial charge on any atom is 0.251 e. The molecule has 0 saturated carbocycles. The highest BCUT2D eigenvalue weighted by atomic mass is 16.5. The van der Waals surface area contributed by atoms with Crippen LogP contribution in [-0.4, -0.2) is 57.4 Å². The summed E-state index contributed by atoms with van der Waals surface area (Å²) < 4.78 is 10.9. The largest absolute Gasteiger partial charge is 0.382 e. The Morgan fingerprint density at radius 3 is 2.81 bits per heavy atom. The van der Waals surface area contributed by atoms with Gasteiger partial charge in [0.2, 0.25) is 0 Å². The van der Waals surface area contributed by atoms with Gasteiger partial charge in [-0.05, 0) is 19.5 Å². The van der Waals surface area contributed by atoms with E-state index in [4.69, 9.17) is 9.47 Å². The molecule has 2 atom stereocenters. The Balaban J connectivity index is 2.10. The van der Waals surface area contributed by atoms with Crippen LogP contribution in [0.5, 0.6) is 0 Å². The number of rotatable bonds is 5. The van der Waals surface area contributed by atoms with Crippen LogP contribution in [0.1, 0.15) is 12.5 Å². The molecule has 1 aliphatic heterocycles. The fourth-order valence-corrected chi connectivity index (χ4v) is 2.58. The number of morpholine rings is 1. The minimum atomic E-state index is -0.563. The van der Waals surface area contributed by atoms with E-state index in [0.29, 0.717) is 19.8 Å². The van der Waals surface area contributed by atoms with Gasteiger partial charge in [0, 0.05) is 20.2 Å². The zero-order valence-electron chi connectivity index (χ0n) is 13.0. The summed E-state index contributed by atoms with van der Waals surface area (Å²) in [6, 6.07) is 9.86. The summed E-state index contributed by atoms with van der Waals surface area (Å²) in [4.78, 5) is 14.6. The lowest BCUT2D eigenvalue weighted by molar-refractivity contribution is -0.140. The Morgan fingerprint density at radius 1 is 1.48 bits per heavy atom. The lowest BCUT2D eigenvalue weighted by atomic mass is 9.92. The molecule has 0 radical (unpaired) electrons. The van der Waals surface area contributed by atoms with Gasteiger partial charge < -0.3 is 19.7 Å². The summed E-state index contributed by atoms with van der Waals surface area (Å²) >= 11 is 0. The maximum atomic E-state index is 12.5. The Labute approximate surface area is 126 Å². The second kappa shape index (κ2) is 7.02. The summed E-state index contributed by atoms with van der Waals surface area (Å²) in [5.74, 6) is -0.0926. The highest BCUT2D eigenvalue weighted by Gasteiger charge is 2.33. The molecule has 0 bridgehead atoms. The molecule has 1 saturated heterocycles. The van der Waals surface area contributed by atoms with E-state index < -0.39 is 11.6 Å². The summed E-state index contributed by atoms with van der Waals surface area (Å²) in [5, 5.41) is 3.09. The van der Waals surface area contributed by atoms with E-state index in [-0.39, 0.29) is 5.91 Å². The molecule has 1 heterocycles. The average Bonchev–Trinajstić information content (AvgIpc) is 2.48. The summed E-state index contributed by atoms with van der Waals surface area (Å²) in [6.45, 7) is 4.43. The number of ether oxygens (including phenoxy) is 2. The van der Waals surface area contributed by atoms with Crippen LogP contribution >= 0.6 is 0 Å². The molecule has 116 valence electrons. The topological polar surface area (TPSA) is 50.8 Å². The number of hydrogen-bond acceptors (Lipinski definition) is 4. The molecule has 1 fully saturated rings. The van der Waals surface area contributed by atoms with E-state index in [1.165, 1.54) is 0 Å². The minimum Gasteiger partial charge on any atom is -0.382 e. The molecule has 2 unspecified atom stereocenters. The van der Waals surface area contributed by atoms with Gasteiger partial charge >= 0.3 is 0 Å². The van der Waals surface area contributed by atoms with Crippen molar-refractivity contribution in [3.05, 3.63) is 35.9 Å². The molecular formula is C16H24N2O3. The molecule has 1 N–H and O–H groups in total. The van der Waals surface area contributed by atoms with Crippen LogP contribution in [0.3, 0.4) is 0 Å². The Hall–Kier alpha value is -1.43. The zero-order chi connectivity index (χ0) is 15.3. The molecule has 0 aliphatic carbocycles. The smallest absolute Gasteiger partial charge is 0.251 e. The van der Waals surface area contributed by atoms with Crippen molar-refractivity contribution >= 4 is 5.91 Å². The lowest BCUT2D eigenvalue weighted by Crippen LogP contribution is -2.55. The predicted octanol–water partition coefficient (Wildman–Crippen LogP) is 0.995. The molecule has 1 aromatic rings. The highest BCUT2D eigenvalue weighted by molar-refractivity contribution is 5.82. The van der Waals surface area contributed by atoms with Crippen LogP contribution in [0, 0.1) is 0 Å². The first-order chi connectivity index (χ1) is 10.0. The second-order valence-electron chi connectivity index (χ2n) is 5.74. The third-order valence-electron chi connectivity index (χ3n) is 3.80. The van der Waals surface area contributed by atoms with Crippen molar-refractivity contribution in [2.75, 3.05) is 40.5 Å². The third kappa shape index (κ3) is 4.03. The number of amides is 1. The zero-order valence-corrected chi connectivity index (χ0v) is 13.0. The van der Waals surface area contributed by atoms with E-state index in [1.807, 2.05) is 44.3 Å². The van der Waals surface area contributed by atoms with E-state index in [1.54, 1.807) is 7.11 Å². The molecule has 5 heteroatoms. The van der Waals surface area contributed by atoms with Crippen LogP contribution in [0.4, 0.5) is 0 Å². The van der Waals surface area contributed by atoms with Crippen molar-refractivity contribution in [3.63, 3.8) is 0 Å². The van der Waals surface area contributed by atoms with E-state index >= 15 is 0 Å². The fraction of sp³-hybridized carbons (Fsp3) is 0.562. The van der Waals surface area contributed by atoms with Crippen molar-refractivity contribution < 1.29 is 14.3 Å². The van der Waals surface area contributed by atoms with Gasteiger partial charge in [0.25, 0.3) is 5.91 Å². The van der Waals surface area contributed by atoms with Gasteiger partial charge in [-0.2, -0.15) is 0 Å². The first-order valence-electron chi connectivity index (χ1n) is 7.22. The number of likely N-dealkylation sites (N-methyl/N-ethyl adjacent to an activating group) is 1. The standard InChI is InChI=1S/C16H24N2O3/c1-16(12-20-3,13-7-5-4-6-8-13)17-15(19)14-11-18(2)9-10-21-14/h4-8,14H,9-12H2,1-3H3,(H,17,19). The summed E-state index contributed by atoms with van der Waals surface area (Å²) in [6.07, 6.45) is -0.427. The number of carbonyl (C=O) groups is 1. The Bertz CT molecular complexity index is 466. The van der Waals surface area contributed by atoms with Gasteiger partial charge in [0.15, 0.2) is 0 Å². The predicted molar refractivity (Wildman–Crippen MR) is 81.0 cm³/mol. The van der Waals surface area contributed by atoms with Crippen molar-refractivity contribution in [3.8, 4) is 0 Å². The monoisotopic (exact) mass is 292 g/mol. The lowest BCUT2D eigenvalue weighted by Gasteiger charge is -2.35. The van der Waals surface area contributed by atoms with Crippen LogP contribution in [0.2, 0.25) is 0 Å². The molecular weight excluding hydrogens is 268 g/mol. The van der Waals surface area contributed by atoms with Gasteiger partial charge in [0.1, 0.15) is 6.10 Å². The van der Waals surface area contributed by atoms with Crippen molar-refractivity contribution in [1.82, 2.24) is 10.2 Å². The van der Waals surface area contributed by atoms with Crippen molar-refractivity contribution in [2.24, 2.45) is 0 Å². The molecule has 0 aromatic heterocycles. The normalized spacial score (nSPS) is 22.5. The van der Waals surface area contributed by atoms with Crippen LogP contribution in [0.15, 0.2) is 30.3 Å². The van der Waals surface area contributed by atoms with E-state index in [9.17, 15) is 4.79 Å². The Morgan fingerprint density at radius 2 is 2.19 bits per heavy atom. The fourth-order valence-electron chi connectivity index (χ4n) is 2.58. The maximum absolute atomic E-state index is 12.5. The van der Waals surface area contributed by atoms with Gasteiger partial charge in [-0.25, -0.2) is 0 Å². The van der Waals surface area contributed by atoms with E-state index in [0.717, 1.165) is 12.1 Å². The van der Waals surface area contributed by atoms with Crippen molar-refractivity contribution in [1.29, 1.82) is 0 Å². The number of methoxy groups -OCH3 is 1. The quantitative estimate of drug-likeness (QED) is 0.879. The molecule has 5 nitrogen and oxygen atoms in total. The molecule has 0 spiro atoms. The first-order valence-corrected chi connectivity index (χ1v) is 7.22. The molecule has 2 rings (SSSR count). The molecule has 1 amide bonds. The Kier molecular flexibility index (Phi) is 5.33. The van der Waals surface area contributed by atoms with Gasteiger partial charge in [-0.3, -0.25) is 4.79 Å². The SMILES string of the molecule is COCC(C)(NC(=O)C1CN(C)CCO1)c1ccccc1. The van der Waals surface area contributed by atoms with E-state index in [2.05, 4.69) is 10.2 Å². The first kappa shape index (κ1) is 15.9. The minimum absolute atomic E-state index is 0.0926. The van der Waals surface area contributed by atoms with Gasteiger partial charge in [-0.15, -0.1) is 0 Å². The number of nitrogens with one attached hydrogen (secondary N) is 1. The highest BCUT2D eigenvalue weighted by Crippen LogP contribution is 2.21. The number of nitrogens with zero attached hydrogens (tertiary/aromatic N) is 1. The average molecular weight is 292 g/mol. The second-order valence-corrected chi connectivity index (χ2v) is 5.74. The van der Waals surface area contributed by atoms with Crippen LogP contribution in [0.25, 0.3) is 0 Å². The van der Waals surface area contributed by atoms with Crippen LogP contribution in [-0.2, 0) is 19.8 Å². The molecule has 21 heavy (non-hydrogen) atoms. The number of carbonyl (C=O) groups excluding carboxylic acids is 1. The molecule has 1 aromatic carbocycles. The van der Waals surface area contributed by atoms with Crippen molar-refractivity contribution in [2.45, 2.75) is 18.6 Å². The third-order valence-corrected chi connectivity index (χ3v) is 3.80. The van der Waals surface area contributed by atoms with Gasteiger partial charge in [0.05, 0.1) is 18.8 Å². The van der Waals surface area contributed by atoms with Gasteiger partial charge in [-0.1, -0.05) is 30.3 Å². The number of benzene rings is 1. The number of hydrogen-bond donors (Lipinski definition) is 1. The summed E-state index contributed by atoms with van der Waals surface area (Å²) in [5.41, 5.74) is 0.455. The molecule has 1 aliphatic rings. The van der Waals surface area contributed by atoms with Crippen LogP contribution < -0.4 is 5.32 Å².